The molecule has 2 rings (SSSR count). The zero-order valence-electron chi connectivity index (χ0n) is 12.0. The van der Waals surface area contributed by atoms with Gasteiger partial charge in [-0.2, -0.15) is 0 Å². The molecule has 112 valence electrons. The molecule has 2 N–H and O–H groups in total. The standard InChI is InChI=1S/C15H22Cl2N2O/c1-3-12-9-19(13(4-2)7-18-12)8-10-5-11(16)6-14(17)15(10)20/h5-6,12-13,18,20H,3-4,7-9H2,1-2H3. The van der Waals surface area contributed by atoms with Gasteiger partial charge in [-0.25, -0.2) is 0 Å². The van der Waals surface area contributed by atoms with E-state index in [0.29, 0.717) is 28.7 Å². The Balaban J connectivity index is 2.18. The topological polar surface area (TPSA) is 35.5 Å². The third kappa shape index (κ3) is 3.59. The third-order valence-electron chi connectivity index (χ3n) is 4.06. The molecule has 1 fully saturated rings. The van der Waals surface area contributed by atoms with Crippen molar-refractivity contribution in [3.8, 4) is 5.75 Å². The van der Waals surface area contributed by atoms with Crippen LogP contribution in [0.1, 0.15) is 32.3 Å². The maximum atomic E-state index is 10.1. The number of hydrogen-bond donors (Lipinski definition) is 2. The Hall–Kier alpha value is -0.480. The molecule has 0 saturated carbocycles. The highest BCUT2D eigenvalue weighted by atomic mass is 35.5. The van der Waals surface area contributed by atoms with E-state index in [-0.39, 0.29) is 5.75 Å². The molecule has 1 saturated heterocycles. The SMILES string of the molecule is CCC1CN(Cc2cc(Cl)cc(Cl)c2O)C(CC)CN1. The molecule has 20 heavy (non-hydrogen) atoms. The fraction of sp³-hybridized carbons (Fsp3) is 0.600. The number of nitrogens with zero attached hydrogens (tertiary/aromatic N) is 1. The normalized spacial score (nSPS) is 24.0. The van der Waals surface area contributed by atoms with Crippen molar-refractivity contribution in [2.45, 2.75) is 45.3 Å². The minimum absolute atomic E-state index is 0.150. The molecule has 2 atom stereocenters. The molecule has 1 aromatic rings. The Labute approximate surface area is 130 Å². The molecule has 1 aromatic carbocycles. The van der Waals surface area contributed by atoms with E-state index < -0.39 is 0 Å². The van der Waals surface area contributed by atoms with Gasteiger partial charge in [-0.3, -0.25) is 4.90 Å². The van der Waals surface area contributed by atoms with E-state index in [1.807, 2.05) is 0 Å². The summed E-state index contributed by atoms with van der Waals surface area (Å²) in [6.45, 7) is 7.04. The smallest absolute Gasteiger partial charge is 0.138 e. The number of rotatable bonds is 4. The summed E-state index contributed by atoms with van der Waals surface area (Å²) in [5.74, 6) is 0.150. The number of nitrogens with one attached hydrogen (secondary N) is 1. The lowest BCUT2D eigenvalue weighted by Crippen LogP contribution is -2.55. The lowest BCUT2D eigenvalue weighted by atomic mass is 10.0. The number of piperazine rings is 1. The van der Waals surface area contributed by atoms with Crippen molar-refractivity contribution in [2.24, 2.45) is 0 Å². The first-order chi connectivity index (χ1) is 9.55. The van der Waals surface area contributed by atoms with Gasteiger partial charge in [0, 0.05) is 42.3 Å². The summed E-state index contributed by atoms with van der Waals surface area (Å²) < 4.78 is 0. The van der Waals surface area contributed by atoms with Gasteiger partial charge in [0.25, 0.3) is 0 Å². The molecule has 0 bridgehead atoms. The van der Waals surface area contributed by atoms with Crippen LogP contribution in [0.25, 0.3) is 0 Å². The predicted molar refractivity (Wildman–Crippen MR) is 84.7 cm³/mol. The van der Waals surface area contributed by atoms with Crippen molar-refractivity contribution in [3.63, 3.8) is 0 Å². The molecule has 1 heterocycles. The summed E-state index contributed by atoms with van der Waals surface area (Å²) in [4.78, 5) is 2.41. The highest BCUT2D eigenvalue weighted by molar-refractivity contribution is 6.35. The molecular weight excluding hydrogens is 295 g/mol. The van der Waals surface area contributed by atoms with Crippen LogP contribution >= 0.6 is 23.2 Å². The Morgan fingerprint density at radius 1 is 1.30 bits per heavy atom. The summed E-state index contributed by atoms with van der Waals surface area (Å²) in [5, 5.41) is 14.6. The number of aromatic hydroxyl groups is 1. The van der Waals surface area contributed by atoms with E-state index in [0.717, 1.165) is 31.5 Å². The van der Waals surface area contributed by atoms with Gasteiger partial charge < -0.3 is 10.4 Å². The Morgan fingerprint density at radius 3 is 2.70 bits per heavy atom. The number of phenols is 1. The van der Waals surface area contributed by atoms with Crippen LogP contribution in [0.5, 0.6) is 5.75 Å². The molecule has 0 amide bonds. The quantitative estimate of drug-likeness (QED) is 0.889. The molecule has 3 nitrogen and oxygen atoms in total. The predicted octanol–water partition coefficient (Wildman–Crippen LogP) is 3.66. The highest BCUT2D eigenvalue weighted by Gasteiger charge is 2.26. The van der Waals surface area contributed by atoms with Gasteiger partial charge >= 0.3 is 0 Å². The van der Waals surface area contributed by atoms with Crippen LogP contribution in [0, 0.1) is 0 Å². The lowest BCUT2D eigenvalue weighted by Gasteiger charge is -2.40. The van der Waals surface area contributed by atoms with Crippen molar-refractivity contribution in [2.75, 3.05) is 13.1 Å². The van der Waals surface area contributed by atoms with Gasteiger partial charge in [0.1, 0.15) is 5.75 Å². The molecule has 0 radical (unpaired) electrons. The average molecular weight is 317 g/mol. The van der Waals surface area contributed by atoms with Crippen molar-refractivity contribution in [1.29, 1.82) is 0 Å². The molecule has 2 unspecified atom stereocenters. The van der Waals surface area contributed by atoms with Crippen LogP contribution < -0.4 is 5.32 Å². The van der Waals surface area contributed by atoms with Gasteiger partial charge in [-0.05, 0) is 25.0 Å². The fourth-order valence-electron chi connectivity index (χ4n) is 2.76. The van der Waals surface area contributed by atoms with Crippen molar-refractivity contribution in [3.05, 3.63) is 27.7 Å². The first-order valence-electron chi connectivity index (χ1n) is 7.19. The molecule has 0 aromatic heterocycles. The molecule has 0 aliphatic carbocycles. The van der Waals surface area contributed by atoms with Gasteiger partial charge in [0.15, 0.2) is 0 Å². The molecule has 1 aliphatic heterocycles. The second-order valence-corrected chi connectivity index (χ2v) is 6.24. The molecule has 5 heteroatoms. The van der Waals surface area contributed by atoms with Gasteiger partial charge in [-0.15, -0.1) is 0 Å². The Morgan fingerprint density at radius 2 is 2.05 bits per heavy atom. The monoisotopic (exact) mass is 316 g/mol. The Bertz CT molecular complexity index is 467. The highest BCUT2D eigenvalue weighted by Crippen LogP contribution is 2.32. The summed E-state index contributed by atoms with van der Waals surface area (Å²) >= 11 is 12.0. The number of hydrogen-bond acceptors (Lipinski definition) is 3. The van der Waals surface area contributed by atoms with Crippen LogP contribution in [-0.4, -0.2) is 35.2 Å². The van der Waals surface area contributed by atoms with Crippen LogP contribution in [0.2, 0.25) is 10.0 Å². The number of phenolic OH excluding ortho intramolecular Hbond substituents is 1. The van der Waals surface area contributed by atoms with Crippen LogP contribution in [0.15, 0.2) is 12.1 Å². The van der Waals surface area contributed by atoms with Gasteiger partial charge in [-0.1, -0.05) is 37.0 Å². The van der Waals surface area contributed by atoms with E-state index in [9.17, 15) is 5.11 Å². The molecular formula is C15H22Cl2N2O. The zero-order valence-corrected chi connectivity index (χ0v) is 13.5. The molecule has 0 spiro atoms. The zero-order chi connectivity index (χ0) is 14.7. The van der Waals surface area contributed by atoms with E-state index in [2.05, 4.69) is 24.1 Å². The summed E-state index contributed by atoms with van der Waals surface area (Å²) in [5.41, 5.74) is 0.803. The summed E-state index contributed by atoms with van der Waals surface area (Å²) in [6, 6.07) is 4.37. The van der Waals surface area contributed by atoms with Gasteiger partial charge in [0.2, 0.25) is 0 Å². The van der Waals surface area contributed by atoms with E-state index in [4.69, 9.17) is 23.2 Å². The molecule has 1 aliphatic rings. The lowest BCUT2D eigenvalue weighted by molar-refractivity contribution is 0.116. The maximum absolute atomic E-state index is 10.1. The summed E-state index contributed by atoms with van der Waals surface area (Å²) in [6.07, 6.45) is 2.19. The maximum Gasteiger partial charge on any atom is 0.138 e. The van der Waals surface area contributed by atoms with Crippen LogP contribution in [-0.2, 0) is 6.54 Å². The van der Waals surface area contributed by atoms with Crippen molar-refractivity contribution >= 4 is 23.2 Å². The largest absolute Gasteiger partial charge is 0.506 e. The minimum Gasteiger partial charge on any atom is -0.506 e. The third-order valence-corrected chi connectivity index (χ3v) is 4.56. The van der Waals surface area contributed by atoms with E-state index >= 15 is 0 Å². The van der Waals surface area contributed by atoms with E-state index in [1.165, 1.54) is 0 Å². The van der Waals surface area contributed by atoms with Crippen molar-refractivity contribution in [1.82, 2.24) is 10.2 Å². The first kappa shape index (κ1) is 15.9. The second kappa shape index (κ2) is 6.99. The average Bonchev–Trinajstić information content (AvgIpc) is 2.44. The van der Waals surface area contributed by atoms with E-state index in [1.54, 1.807) is 12.1 Å². The minimum atomic E-state index is 0.150. The second-order valence-electron chi connectivity index (χ2n) is 5.40. The Kier molecular flexibility index (Phi) is 5.56. The summed E-state index contributed by atoms with van der Waals surface area (Å²) in [7, 11) is 0. The first-order valence-corrected chi connectivity index (χ1v) is 7.95. The number of halogens is 2. The van der Waals surface area contributed by atoms with Crippen molar-refractivity contribution < 1.29 is 5.11 Å². The van der Waals surface area contributed by atoms with Gasteiger partial charge in [0.05, 0.1) is 5.02 Å². The van der Waals surface area contributed by atoms with Crippen LogP contribution in [0.3, 0.4) is 0 Å². The number of benzene rings is 1. The fourth-order valence-corrected chi connectivity index (χ4v) is 3.29. The van der Waals surface area contributed by atoms with Crippen LogP contribution in [0.4, 0.5) is 0 Å².